The van der Waals surface area contributed by atoms with Crippen LogP contribution in [0.2, 0.25) is 0 Å². The normalized spacial score (nSPS) is 20.3. The first-order valence-electron chi connectivity index (χ1n) is 3.75. The molecule has 0 bridgehead atoms. The quantitative estimate of drug-likeness (QED) is 0.524. The second-order valence-electron chi connectivity index (χ2n) is 3.35. The highest BCUT2D eigenvalue weighted by molar-refractivity contribution is 5.82. The van der Waals surface area contributed by atoms with Crippen LogP contribution in [0.1, 0.15) is 19.8 Å². The van der Waals surface area contributed by atoms with E-state index in [0.717, 1.165) is 12.8 Å². The van der Waals surface area contributed by atoms with Gasteiger partial charge >= 0.3 is 12.1 Å². The number of halogens is 3. The summed E-state index contributed by atoms with van der Waals surface area (Å²) in [7, 11) is 0. The molecular formula is C7H9F3N2O. The van der Waals surface area contributed by atoms with Crippen molar-refractivity contribution >= 4 is 12.1 Å². The van der Waals surface area contributed by atoms with E-state index in [4.69, 9.17) is 0 Å². The Hall–Kier alpha value is -1.07. The molecule has 0 atom stereocenters. The average Bonchev–Trinajstić information content (AvgIpc) is 2.66. The number of nitrogens with zero attached hydrogens (tertiary/aromatic N) is 1. The van der Waals surface area contributed by atoms with Crippen molar-refractivity contribution in [2.45, 2.75) is 25.9 Å². The molecule has 0 saturated heterocycles. The van der Waals surface area contributed by atoms with Crippen molar-refractivity contribution in [2.75, 3.05) is 0 Å². The molecule has 1 aliphatic rings. The maximum Gasteiger partial charge on any atom is 0.473 e. The fourth-order valence-electron chi connectivity index (χ4n) is 0.636. The van der Waals surface area contributed by atoms with E-state index >= 15 is 0 Å². The molecule has 3 nitrogen and oxygen atoms in total. The molecule has 0 aromatic carbocycles. The van der Waals surface area contributed by atoms with Gasteiger partial charge in [0.2, 0.25) is 0 Å². The highest BCUT2D eigenvalue weighted by Crippen LogP contribution is 2.42. The van der Waals surface area contributed by atoms with Gasteiger partial charge in [0.1, 0.15) is 0 Å². The highest BCUT2D eigenvalue weighted by atomic mass is 19.4. The minimum atomic E-state index is -4.86. The molecule has 1 amide bonds. The summed E-state index contributed by atoms with van der Waals surface area (Å²) >= 11 is 0. The molecule has 6 heteroatoms. The van der Waals surface area contributed by atoms with Gasteiger partial charge in [0.25, 0.3) is 0 Å². The Balaban J connectivity index is 2.34. The van der Waals surface area contributed by atoms with Gasteiger partial charge < -0.3 is 0 Å². The second kappa shape index (κ2) is 3.01. The van der Waals surface area contributed by atoms with E-state index < -0.39 is 12.1 Å². The third-order valence-corrected chi connectivity index (χ3v) is 1.84. The van der Waals surface area contributed by atoms with Crippen LogP contribution in [-0.4, -0.2) is 18.3 Å². The molecule has 0 aromatic rings. The Morgan fingerprint density at radius 1 is 1.54 bits per heavy atom. The summed E-state index contributed by atoms with van der Waals surface area (Å²) in [6.45, 7) is 1.86. The molecule has 1 N–H and O–H groups in total. The molecule has 0 radical (unpaired) electrons. The monoisotopic (exact) mass is 194 g/mol. The molecule has 13 heavy (non-hydrogen) atoms. The van der Waals surface area contributed by atoms with Crippen molar-refractivity contribution in [2.24, 2.45) is 10.5 Å². The summed E-state index contributed by atoms with van der Waals surface area (Å²) in [4.78, 5) is 10.2. The zero-order chi connectivity index (χ0) is 10.1. The third kappa shape index (κ3) is 3.04. The van der Waals surface area contributed by atoms with Crippen molar-refractivity contribution in [3.63, 3.8) is 0 Å². The Kier molecular flexibility index (Phi) is 2.32. The first-order valence-corrected chi connectivity index (χ1v) is 3.75. The summed E-state index contributed by atoms with van der Waals surface area (Å²) in [6.07, 6.45) is -1.71. The molecule has 1 aliphatic carbocycles. The van der Waals surface area contributed by atoms with Crippen LogP contribution in [0.4, 0.5) is 13.2 Å². The van der Waals surface area contributed by atoms with Crippen LogP contribution in [0.15, 0.2) is 5.10 Å². The summed E-state index contributed by atoms with van der Waals surface area (Å²) in [5, 5.41) is 3.23. The van der Waals surface area contributed by atoms with E-state index in [2.05, 4.69) is 5.10 Å². The minimum Gasteiger partial charge on any atom is -0.263 e. The van der Waals surface area contributed by atoms with Gasteiger partial charge in [-0.3, -0.25) is 4.79 Å². The summed E-state index contributed by atoms with van der Waals surface area (Å²) in [5.41, 5.74) is 1.31. The number of carbonyl (C=O) groups excluding carboxylic acids is 1. The van der Waals surface area contributed by atoms with Crippen LogP contribution < -0.4 is 5.43 Å². The molecule has 1 rings (SSSR count). The van der Waals surface area contributed by atoms with Gasteiger partial charge in [-0.15, -0.1) is 0 Å². The van der Waals surface area contributed by atoms with Crippen LogP contribution in [0, 0.1) is 5.41 Å². The van der Waals surface area contributed by atoms with Crippen LogP contribution in [0.25, 0.3) is 0 Å². The molecule has 0 spiro atoms. The molecule has 0 aromatic heterocycles. The first kappa shape index (κ1) is 10.0. The van der Waals surface area contributed by atoms with Crippen molar-refractivity contribution in [1.29, 1.82) is 0 Å². The lowest BCUT2D eigenvalue weighted by Crippen LogP contribution is -2.33. The lowest BCUT2D eigenvalue weighted by molar-refractivity contribution is -0.173. The molecule has 0 unspecified atom stereocenters. The Labute approximate surface area is 73.0 Å². The highest BCUT2D eigenvalue weighted by Gasteiger charge is 2.39. The number of hydrogen-bond donors (Lipinski definition) is 1. The van der Waals surface area contributed by atoms with Crippen LogP contribution in [0.5, 0.6) is 0 Å². The van der Waals surface area contributed by atoms with E-state index in [0.29, 0.717) is 0 Å². The topological polar surface area (TPSA) is 41.5 Å². The summed E-state index contributed by atoms with van der Waals surface area (Å²) in [5.74, 6) is -2.03. The summed E-state index contributed by atoms with van der Waals surface area (Å²) < 4.78 is 34.8. The van der Waals surface area contributed by atoms with Crippen LogP contribution >= 0.6 is 0 Å². The number of rotatable bonds is 2. The van der Waals surface area contributed by atoms with Gasteiger partial charge in [0.05, 0.1) is 0 Å². The van der Waals surface area contributed by atoms with Gasteiger partial charge in [-0.25, -0.2) is 5.43 Å². The first-order chi connectivity index (χ1) is 5.83. The standard InChI is InChI=1S/C7H9F3N2O/c1-6(2-3-6)4-11-12-5(13)7(8,9)10/h4H,2-3H2,1H3,(H,12,13)/b11-4+. The average molecular weight is 194 g/mol. The molecule has 74 valence electrons. The van der Waals surface area contributed by atoms with Crippen molar-refractivity contribution < 1.29 is 18.0 Å². The van der Waals surface area contributed by atoms with Crippen molar-refractivity contribution in [3.05, 3.63) is 0 Å². The maximum atomic E-state index is 11.6. The zero-order valence-corrected chi connectivity index (χ0v) is 6.98. The third-order valence-electron chi connectivity index (χ3n) is 1.84. The minimum absolute atomic E-state index is 0.112. The predicted molar refractivity (Wildman–Crippen MR) is 40.0 cm³/mol. The van der Waals surface area contributed by atoms with Crippen molar-refractivity contribution in [3.8, 4) is 0 Å². The van der Waals surface area contributed by atoms with Gasteiger partial charge in [-0.05, 0) is 12.8 Å². The molecule has 0 aliphatic heterocycles. The van der Waals surface area contributed by atoms with Gasteiger partial charge in [0, 0.05) is 11.6 Å². The maximum absolute atomic E-state index is 11.6. The number of hydrogen-bond acceptors (Lipinski definition) is 2. The Morgan fingerprint density at radius 2 is 2.08 bits per heavy atom. The van der Waals surface area contributed by atoms with Gasteiger partial charge in [-0.1, -0.05) is 6.92 Å². The van der Waals surface area contributed by atoms with Gasteiger partial charge in [0.15, 0.2) is 0 Å². The lowest BCUT2D eigenvalue weighted by atomic mass is 10.2. The second-order valence-corrected chi connectivity index (χ2v) is 3.35. The fraction of sp³-hybridized carbons (Fsp3) is 0.714. The number of hydrazone groups is 1. The van der Waals surface area contributed by atoms with E-state index in [-0.39, 0.29) is 5.41 Å². The zero-order valence-electron chi connectivity index (χ0n) is 6.98. The van der Waals surface area contributed by atoms with Crippen LogP contribution in [0.3, 0.4) is 0 Å². The molecule has 0 heterocycles. The van der Waals surface area contributed by atoms with Gasteiger partial charge in [-0.2, -0.15) is 18.3 Å². The fourth-order valence-corrected chi connectivity index (χ4v) is 0.636. The molecule has 1 fully saturated rings. The SMILES string of the molecule is CC1(/C=N/NC(=O)C(F)(F)F)CC1. The van der Waals surface area contributed by atoms with Crippen molar-refractivity contribution in [1.82, 2.24) is 5.43 Å². The van der Waals surface area contributed by atoms with E-state index in [1.54, 1.807) is 0 Å². The largest absolute Gasteiger partial charge is 0.473 e. The van der Waals surface area contributed by atoms with Crippen LogP contribution in [-0.2, 0) is 4.79 Å². The van der Waals surface area contributed by atoms with E-state index in [9.17, 15) is 18.0 Å². The number of amides is 1. The summed E-state index contributed by atoms with van der Waals surface area (Å²) in [6, 6.07) is 0. The Bertz CT molecular complexity index is 243. The number of alkyl halides is 3. The predicted octanol–water partition coefficient (Wildman–Crippen LogP) is 1.45. The Morgan fingerprint density at radius 3 is 2.46 bits per heavy atom. The lowest BCUT2D eigenvalue weighted by Gasteiger charge is -2.03. The molecular weight excluding hydrogens is 185 g/mol. The number of carbonyl (C=O) groups is 1. The smallest absolute Gasteiger partial charge is 0.263 e. The van der Waals surface area contributed by atoms with E-state index in [1.165, 1.54) is 11.6 Å². The molecule has 1 saturated carbocycles. The van der Waals surface area contributed by atoms with E-state index in [1.807, 2.05) is 6.92 Å². The number of nitrogens with one attached hydrogen (secondary N) is 1.